The number of anilines is 2. The van der Waals surface area contributed by atoms with E-state index in [-0.39, 0.29) is 5.91 Å². The summed E-state index contributed by atoms with van der Waals surface area (Å²) >= 11 is 0. The molecular weight excluding hydrogens is 228 g/mol. The van der Waals surface area contributed by atoms with Crippen LogP contribution in [-0.4, -0.2) is 22.4 Å². The van der Waals surface area contributed by atoms with E-state index in [1.807, 2.05) is 19.1 Å². The molecule has 0 spiro atoms. The average molecular weight is 242 g/mol. The third-order valence-corrected chi connectivity index (χ3v) is 2.32. The first-order valence-electron chi connectivity index (χ1n) is 5.72. The molecule has 5 nitrogen and oxygen atoms in total. The van der Waals surface area contributed by atoms with Crippen LogP contribution in [0.5, 0.6) is 0 Å². The minimum absolute atomic E-state index is 0.218. The largest absolute Gasteiger partial charge is 0.385 e. The fraction of sp³-hybridized carbons (Fsp3) is 0.154. The molecule has 2 aromatic rings. The third-order valence-electron chi connectivity index (χ3n) is 2.32. The number of benzene rings is 1. The smallest absolute Gasteiger partial charge is 0.258 e. The molecule has 0 aliphatic heterocycles. The molecule has 0 aliphatic rings. The van der Waals surface area contributed by atoms with Crippen LogP contribution in [0.2, 0.25) is 0 Å². The second kappa shape index (κ2) is 5.77. The van der Waals surface area contributed by atoms with Gasteiger partial charge in [0.05, 0.1) is 0 Å². The number of aromatic nitrogens is 2. The van der Waals surface area contributed by atoms with Gasteiger partial charge in [0, 0.05) is 30.2 Å². The molecule has 0 fully saturated rings. The van der Waals surface area contributed by atoms with Gasteiger partial charge in [0.1, 0.15) is 0 Å². The molecule has 1 heterocycles. The maximum atomic E-state index is 11.9. The summed E-state index contributed by atoms with van der Waals surface area (Å²) in [6.45, 7) is 2.87. The summed E-state index contributed by atoms with van der Waals surface area (Å²) in [6, 6.07) is 8.95. The van der Waals surface area contributed by atoms with Crippen LogP contribution in [0.15, 0.2) is 42.7 Å². The Kier molecular flexibility index (Phi) is 3.86. The number of nitrogens with one attached hydrogen (secondary N) is 2. The number of rotatable bonds is 4. The van der Waals surface area contributed by atoms with Gasteiger partial charge in [0.2, 0.25) is 5.95 Å². The van der Waals surface area contributed by atoms with Crippen molar-refractivity contribution in [2.24, 2.45) is 0 Å². The lowest BCUT2D eigenvalue weighted by molar-refractivity contribution is 0.102. The van der Waals surface area contributed by atoms with Crippen LogP contribution in [0.4, 0.5) is 11.6 Å². The SMILES string of the molecule is CCNc1ccc(C(=O)Nc2ncccn2)cc1. The van der Waals surface area contributed by atoms with Gasteiger partial charge in [-0.15, -0.1) is 0 Å². The lowest BCUT2D eigenvalue weighted by Gasteiger charge is -2.05. The highest BCUT2D eigenvalue weighted by Crippen LogP contribution is 2.10. The van der Waals surface area contributed by atoms with E-state index in [1.54, 1.807) is 30.6 Å². The Morgan fingerprint density at radius 3 is 2.44 bits per heavy atom. The monoisotopic (exact) mass is 242 g/mol. The van der Waals surface area contributed by atoms with Crippen molar-refractivity contribution in [3.05, 3.63) is 48.3 Å². The lowest BCUT2D eigenvalue weighted by Crippen LogP contribution is -2.13. The zero-order valence-electron chi connectivity index (χ0n) is 10.1. The van der Waals surface area contributed by atoms with Gasteiger partial charge >= 0.3 is 0 Å². The van der Waals surface area contributed by atoms with Gasteiger partial charge in [0.25, 0.3) is 5.91 Å². The molecule has 1 aromatic carbocycles. The molecule has 5 heteroatoms. The van der Waals surface area contributed by atoms with Crippen molar-refractivity contribution in [3.8, 4) is 0 Å². The Morgan fingerprint density at radius 2 is 1.83 bits per heavy atom. The Balaban J connectivity index is 2.05. The highest BCUT2D eigenvalue weighted by molar-refractivity contribution is 6.03. The van der Waals surface area contributed by atoms with Crippen molar-refractivity contribution in [1.29, 1.82) is 0 Å². The summed E-state index contributed by atoms with van der Waals surface area (Å²) in [6.07, 6.45) is 3.16. The van der Waals surface area contributed by atoms with E-state index in [4.69, 9.17) is 0 Å². The number of carbonyl (C=O) groups is 1. The molecule has 0 aliphatic carbocycles. The fourth-order valence-electron chi connectivity index (χ4n) is 1.48. The highest BCUT2D eigenvalue weighted by atomic mass is 16.1. The van der Waals surface area contributed by atoms with Crippen LogP contribution in [0.1, 0.15) is 17.3 Å². The van der Waals surface area contributed by atoms with E-state index >= 15 is 0 Å². The topological polar surface area (TPSA) is 66.9 Å². The van der Waals surface area contributed by atoms with Gasteiger partial charge in [-0.3, -0.25) is 10.1 Å². The summed E-state index contributed by atoms with van der Waals surface area (Å²) < 4.78 is 0. The zero-order valence-corrected chi connectivity index (χ0v) is 10.1. The second-order valence-electron chi connectivity index (χ2n) is 3.63. The van der Waals surface area contributed by atoms with Crippen LogP contribution in [0.3, 0.4) is 0 Å². The number of amides is 1. The molecule has 2 N–H and O–H groups in total. The standard InChI is InChI=1S/C13H14N4O/c1-2-14-11-6-4-10(5-7-11)12(18)17-13-15-8-3-9-16-13/h3-9,14H,2H2,1H3,(H,15,16,17,18). The lowest BCUT2D eigenvalue weighted by atomic mass is 10.2. The number of hydrogen-bond donors (Lipinski definition) is 2. The van der Waals surface area contributed by atoms with Gasteiger partial charge in [0.15, 0.2) is 0 Å². The average Bonchev–Trinajstić information content (AvgIpc) is 2.41. The predicted molar refractivity (Wildman–Crippen MR) is 70.6 cm³/mol. The molecule has 2 rings (SSSR count). The first-order chi connectivity index (χ1) is 8.79. The van der Waals surface area contributed by atoms with Crippen molar-refractivity contribution in [1.82, 2.24) is 9.97 Å². The molecule has 18 heavy (non-hydrogen) atoms. The zero-order chi connectivity index (χ0) is 12.8. The van der Waals surface area contributed by atoms with Crippen LogP contribution in [0.25, 0.3) is 0 Å². The molecule has 0 radical (unpaired) electrons. The maximum absolute atomic E-state index is 11.9. The van der Waals surface area contributed by atoms with Crippen LogP contribution < -0.4 is 10.6 Å². The van der Waals surface area contributed by atoms with E-state index in [0.29, 0.717) is 11.5 Å². The minimum atomic E-state index is -0.218. The minimum Gasteiger partial charge on any atom is -0.385 e. The Labute approximate surface area is 105 Å². The normalized spacial score (nSPS) is 9.83. The summed E-state index contributed by atoms with van der Waals surface area (Å²) in [5, 5.41) is 5.80. The van der Waals surface area contributed by atoms with Crippen molar-refractivity contribution in [2.75, 3.05) is 17.2 Å². The summed E-state index contributed by atoms with van der Waals surface area (Å²) in [4.78, 5) is 19.7. The summed E-state index contributed by atoms with van der Waals surface area (Å²) in [5.74, 6) is 0.0857. The van der Waals surface area contributed by atoms with Gasteiger partial charge in [-0.1, -0.05) is 0 Å². The molecule has 92 valence electrons. The predicted octanol–water partition coefficient (Wildman–Crippen LogP) is 2.16. The van der Waals surface area contributed by atoms with Crippen molar-refractivity contribution < 1.29 is 4.79 Å². The number of carbonyl (C=O) groups excluding carboxylic acids is 1. The molecule has 0 saturated carbocycles. The Hall–Kier alpha value is -2.43. The van der Waals surface area contributed by atoms with Crippen molar-refractivity contribution in [3.63, 3.8) is 0 Å². The number of hydrogen-bond acceptors (Lipinski definition) is 4. The molecule has 1 aromatic heterocycles. The summed E-state index contributed by atoms with van der Waals surface area (Å²) in [5.41, 5.74) is 1.56. The molecule has 0 saturated heterocycles. The molecule has 0 unspecified atom stereocenters. The number of nitrogens with zero attached hydrogens (tertiary/aromatic N) is 2. The van der Waals surface area contributed by atoms with Gasteiger partial charge in [-0.05, 0) is 37.3 Å². The molecule has 0 atom stereocenters. The van der Waals surface area contributed by atoms with E-state index in [1.165, 1.54) is 0 Å². The van der Waals surface area contributed by atoms with Crippen molar-refractivity contribution >= 4 is 17.5 Å². The quantitative estimate of drug-likeness (QED) is 0.862. The van der Waals surface area contributed by atoms with E-state index in [0.717, 1.165) is 12.2 Å². The first-order valence-corrected chi connectivity index (χ1v) is 5.72. The van der Waals surface area contributed by atoms with Crippen LogP contribution in [0, 0.1) is 0 Å². The van der Waals surface area contributed by atoms with E-state index < -0.39 is 0 Å². The second-order valence-corrected chi connectivity index (χ2v) is 3.63. The molecule has 1 amide bonds. The van der Waals surface area contributed by atoms with Gasteiger partial charge in [-0.25, -0.2) is 9.97 Å². The Morgan fingerprint density at radius 1 is 1.17 bits per heavy atom. The first kappa shape index (κ1) is 12.0. The molecule has 0 bridgehead atoms. The highest BCUT2D eigenvalue weighted by Gasteiger charge is 2.06. The van der Waals surface area contributed by atoms with Crippen LogP contribution >= 0.6 is 0 Å². The molecular formula is C13H14N4O. The van der Waals surface area contributed by atoms with Crippen molar-refractivity contribution in [2.45, 2.75) is 6.92 Å². The van der Waals surface area contributed by atoms with Crippen LogP contribution in [-0.2, 0) is 0 Å². The Bertz CT molecular complexity index is 510. The van der Waals surface area contributed by atoms with E-state index in [2.05, 4.69) is 20.6 Å². The maximum Gasteiger partial charge on any atom is 0.258 e. The van der Waals surface area contributed by atoms with Gasteiger partial charge < -0.3 is 5.32 Å². The van der Waals surface area contributed by atoms with E-state index in [9.17, 15) is 4.79 Å². The summed E-state index contributed by atoms with van der Waals surface area (Å²) in [7, 11) is 0. The third kappa shape index (κ3) is 3.04. The fourth-order valence-corrected chi connectivity index (χ4v) is 1.48. The van der Waals surface area contributed by atoms with Gasteiger partial charge in [-0.2, -0.15) is 0 Å².